The fraction of sp³-hybridized carbons (Fsp3) is 0.231. The Hall–Kier alpha value is -2.33. The normalized spacial score (nSPS) is 8.76. The lowest BCUT2D eigenvalue weighted by Crippen LogP contribution is -1.97. The first-order valence-electron chi connectivity index (χ1n) is 4.88. The predicted molar refractivity (Wildman–Crippen MR) is 59.2 cm³/mol. The number of hydrogen-bond acceptors (Lipinski definition) is 3. The highest BCUT2D eigenvalue weighted by Crippen LogP contribution is 2.10. The van der Waals surface area contributed by atoms with Crippen molar-refractivity contribution in [2.75, 3.05) is 7.11 Å². The molecule has 0 radical (unpaired) electrons. The summed E-state index contributed by atoms with van der Waals surface area (Å²) in [5, 5.41) is 8.45. The first kappa shape index (κ1) is 12.7. The van der Waals surface area contributed by atoms with Gasteiger partial charge in [-0.25, -0.2) is 4.39 Å². The molecule has 0 aromatic heterocycles. The average molecular weight is 231 g/mol. The molecule has 1 aromatic rings. The Labute approximate surface area is 98.8 Å². The number of rotatable bonds is 2. The Morgan fingerprint density at radius 1 is 1.53 bits per heavy atom. The topological polar surface area (TPSA) is 50.1 Å². The van der Waals surface area contributed by atoms with Gasteiger partial charge in [-0.3, -0.25) is 4.79 Å². The van der Waals surface area contributed by atoms with E-state index >= 15 is 0 Å². The number of nitriles is 1. The van der Waals surface area contributed by atoms with Gasteiger partial charge in [0.25, 0.3) is 0 Å². The Balaban J connectivity index is 2.77. The summed E-state index contributed by atoms with van der Waals surface area (Å²) < 4.78 is 17.8. The van der Waals surface area contributed by atoms with Gasteiger partial charge in [-0.15, -0.1) is 0 Å². The molecular weight excluding hydrogens is 221 g/mol. The van der Waals surface area contributed by atoms with Crippen molar-refractivity contribution in [3.8, 4) is 17.9 Å². The van der Waals surface area contributed by atoms with Gasteiger partial charge in [-0.05, 0) is 12.1 Å². The first-order chi connectivity index (χ1) is 8.17. The molecule has 0 bridgehead atoms. The van der Waals surface area contributed by atoms with Crippen LogP contribution in [-0.4, -0.2) is 13.1 Å². The third-order valence-electron chi connectivity index (χ3n) is 2.02. The van der Waals surface area contributed by atoms with Crippen molar-refractivity contribution in [1.82, 2.24) is 0 Å². The van der Waals surface area contributed by atoms with Gasteiger partial charge in [0.15, 0.2) is 0 Å². The molecule has 0 amide bonds. The number of nitrogens with zero attached hydrogens (tertiary/aromatic N) is 1. The molecule has 86 valence electrons. The predicted octanol–water partition coefficient (Wildman–Crippen LogP) is 1.81. The van der Waals surface area contributed by atoms with E-state index < -0.39 is 11.8 Å². The minimum atomic E-state index is -0.462. The van der Waals surface area contributed by atoms with E-state index in [4.69, 9.17) is 5.26 Å². The molecule has 3 nitrogen and oxygen atoms in total. The van der Waals surface area contributed by atoms with Crippen LogP contribution in [0.4, 0.5) is 4.39 Å². The molecule has 0 aliphatic carbocycles. The van der Waals surface area contributed by atoms with Crippen LogP contribution in [-0.2, 0) is 16.0 Å². The molecule has 0 aliphatic heterocycles. The number of carbonyl (C=O) groups is 1. The summed E-state index contributed by atoms with van der Waals surface area (Å²) in [7, 11) is 1.28. The number of benzene rings is 1. The van der Waals surface area contributed by atoms with Crippen molar-refractivity contribution < 1.29 is 13.9 Å². The fourth-order valence-corrected chi connectivity index (χ4v) is 1.14. The highest BCUT2D eigenvalue weighted by atomic mass is 19.1. The highest BCUT2D eigenvalue weighted by Gasteiger charge is 2.01. The van der Waals surface area contributed by atoms with Gasteiger partial charge in [0.2, 0.25) is 0 Å². The van der Waals surface area contributed by atoms with Crippen LogP contribution >= 0.6 is 0 Å². The smallest absolute Gasteiger partial charge is 0.317 e. The number of methoxy groups -OCH3 is 1. The monoisotopic (exact) mass is 231 g/mol. The lowest BCUT2D eigenvalue weighted by molar-refractivity contribution is -0.139. The quantitative estimate of drug-likeness (QED) is 0.576. The number of esters is 1. The van der Waals surface area contributed by atoms with E-state index in [1.54, 1.807) is 6.07 Å². The summed E-state index contributed by atoms with van der Waals surface area (Å²) in [5.41, 5.74) is 0.805. The highest BCUT2D eigenvalue weighted by molar-refractivity contribution is 5.72. The fourth-order valence-electron chi connectivity index (χ4n) is 1.14. The van der Waals surface area contributed by atoms with Crippen LogP contribution in [0.1, 0.15) is 17.5 Å². The van der Waals surface area contributed by atoms with E-state index in [1.165, 1.54) is 19.2 Å². The lowest BCUT2D eigenvalue weighted by atomic mass is 10.1. The molecular formula is C13H10FNO2. The van der Waals surface area contributed by atoms with Crippen LogP contribution in [0.2, 0.25) is 0 Å². The molecule has 1 rings (SSSR count). The maximum Gasteiger partial charge on any atom is 0.317 e. The molecule has 0 N–H and O–H groups in total. The molecule has 0 saturated carbocycles. The van der Waals surface area contributed by atoms with Gasteiger partial charge in [-0.1, -0.05) is 17.9 Å². The number of hydrogen-bond donors (Lipinski definition) is 0. The number of carbonyl (C=O) groups excluding carboxylic acids is 1. The third kappa shape index (κ3) is 3.96. The Morgan fingerprint density at radius 2 is 2.29 bits per heavy atom. The van der Waals surface area contributed by atoms with Crippen molar-refractivity contribution in [2.45, 2.75) is 12.8 Å². The largest absolute Gasteiger partial charge is 0.468 e. The van der Waals surface area contributed by atoms with Crippen LogP contribution in [0.3, 0.4) is 0 Å². The second-order valence-corrected chi connectivity index (χ2v) is 3.20. The summed E-state index contributed by atoms with van der Waals surface area (Å²) in [4.78, 5) is 10.8. The van der Waals surface area contributed by atoms with Crippen molar-refractivity contribution in [3.05, 3.63) is 35.1 Å². The van der Waals surface area contributed by atoms with E-state index in [0.29, 0.717) is 11.1 Å². The second kappa shape index (κ2) is 6.30. The zero-order chi connectivity index (χ0) is 12.7. The molecule has 0 aliphatic rings. The van der Waals surface area contributed by atoms with E-state index in [-0.39, 0.29) is 12.8 Å². The van der Waals surface area contributed by atoms with E-state index in [9.17, 15) is 9.18 Å². The molecule has 0 unspecified atom stereocenters. The number of ether oxygens (including phenoxy) is 1. The molecule has 0 saturated heterocycles. The average Bonchev–Trinajstić information content (AvgIpc) is 2.32. The lowest BCUT2D eigenvalue weighted by Gasteiger charge is -1.97. The van der Waals surface area contributed by atoms with Crippen molar-refractivity contribution >= 4 is 5.97 Å². The Kier molecular flexibility index (Phi) is 4.72. The van der Waals surface area contributed by atoms with Gasteiger partial charge in [0.1, 0.15) is 12.2 Å². The third-order valence-corrected chi connectivity index (χ3v) is 2.02. The van der Waals surface area contributed by atoms with Gasteiger partial charge in [0.05, 0.1) is 19.6 Å². The van der Waals surface area contributed by atoms with E-state index in [1.807, 2.05) is 6.07 Å². The summed E-state index contributed by atoms with van der Waals surface area (Å²) in [6, 6.07) is 6.25. The minimum absolute atomic E-state index is 0.0295. The standard InChI is InChI=1S/C13H10FNO2/c1-17-13(16)4-2-3-10-5-6-11(7-8-15)12(14)9-10/h5-6,9H,4,7H2,1H3. The molecule has 4 heteroatoms. The number of halogens is 1. The van der Waals surface area contributed by atoms with Gasteiger partial charge in [0, 0.05) is 11.1 Å². The van der Waals surface area contributed by atoms with Crippen LogP contribution in [0.5, 0.6) is 0 Å². The Morgan fingerprint density at radius 3 is 2.88 bits per heavy atom. The molecule has 0 fully saturated rings. The molecule has 0 spiro atoms. The Bertz CT molecular complexity index is 520. The summed E-state index contributed by atoms with van der Waals surface area (Å²) in [5.74, 6) is 4.33. The zero-order valence-electron chi connectivity index (χ0n) is 9.29. The van der Waals surface area contributed by atoms with Crippen LogP contribution in [0.25, 0.3) is 0 Å². The van der Waals surface area contributed by atoms with Crippen molar-refractivity contribution in [1.29, 1.82) is 5.26 Å². The van der Waals surface area contributed by atoms with Crippen molar-refractivity contribution in [3.63, 3.8) is 0 Å². The van der Waals surface area contributed by atoms with Gasteiger partial charge >= 0.3 is 5.97 Å². The van der Waals surface area contributed by atoms with E-state index in [0.717, 1.165) is 0 Å². The van der Waals surface area contributed by atoms with Crippen LogP contribution in [0, 0.1) is 29.0 Å². The molecule has 0 heterocycles. The van der Waals surface area contributed by atoms with Crippen LogP contribution in [0.15, 0.2) is 18.2 Å². The second-order valence-electron chi connectivity index (χ2n) is 3.20. The van der Waals surface area contributed by atoms with Gasteiger partial charge in [-0.2, -0.15) is 5.26 Å². The van der Waals surface area contributed by atoms with Crippen LogP contribution < -0.4 is 0 Å². The van der Waals surface area contributed by atoms with E-state index in [2.05, 4.69) is 16.6 Å². The first-order valence-corrected chi connectivity index (χ1v) is 4.88. The summed E-state index contributed by atoms with van der Waals surface area (Å²) >= 11 is 0. The molecule has 17 heavy (non-hydrogen) atoms. The van der Waals surface area contributed by atoms with Gasteiger partial charge < -0.3 is 4.74 Å². The molecule has 0 atom stereocenters. The minimum Gasteiger partial charge on any atom is -0.468 e. The maximum absolute atomic E-state index is 13.4. The molecule has 1 aromatic carbocycles. The summed E-state index contributed by atoms with van der Waals surface area (Å²) in [6.45, 7) is 0. The SMILES string of the molecule is COC(=O)CC#Cc1ccc(CC#N)c(F)c1. The maximum atomic E-state index is 13.4. The summed E-state index contributed by atoms with van der Waals surface area (Å²) in [6.07, 6.45) is -0.000230. The zero-order valence-corrected chi connectivity index (χ0v) is 9.29. The van der Waals surface area contributed by atoms with Crippen molar-refractivity contribution in [2.24, 2.45) is 0 Å².